The second-order valence-corrected chi connectivity index (χ2v) is 8.14. The molecule has 1 amide bonds. The van der Waals surface area contributed by atoms with Gasteiger partial charge < -0.3 is 10.6 Å². The van der Waals surface area contributed by atoms with E-state index in [1.807, 2.05) is 6.07 Å². The Bertz CT molecular complexity index is 1370. The molecule has 0 radical (unpaired) electrons. The van der Waals surface area contributed by atoms with Gasteiger partial charge in [0, 0.05) is 17.1 Å². The predicted octanol–water partition coefficient (Wildman–Crippen LogP) is 5.48. The zero-order valence-corrected chi connectivity index (χ0v) is 18.8. The van der Waals surface area contributed by atoms with Crippen LogP contribution in [0.4, 0.5) is 23.4 Å². The van der Waals surface area contributed by atoms with Gasteiger partial charge in [0.05, 0.1) is 41.3 Å². The SMILES string of the molecule is Cc1cc2cc(C(=O)N(Cc3ccc(C(F)(F)F)cn3)[C@@H](C)c3ccc(F)cn3)ccc2nc1N. The van der Waals surface area contributed by atoms with Crippen LogP contribution in [0.2, 0.25) is 0 Å². The number of anilines is 1. The van der Waals surface area contributed by atoms with Crippen molar-refractivity contribution in [2.24, 2.45) is 0 Å². The second kappa shape index (κ2) is 9.28. The highest BCUT2D eigenvalue weighted by Crippen LogP contribution is 2.29. The maximum Gasteiger partial charge on any atom is 0.417 e. The molecule has 6 nitrogen and oxygen atoms in total. The van der Waals surface area contributed by atoms with Crippen LogP contribution in [0.3, 0.4) is 0 Å². The number of rotatable bonds is 5. The number of aromatic nitrogens is 3. The minimum atomic E-state index is -4.52. The van der Waals surface area contributed by atoms with Crippen molar-refractivity contribution in [2.45, 2.75) is 32.6 Å². The summed E-state index contributed by atoms with van der Waals surface area (Å²) in [5.41, 5.74) is 7.38. The Kier molecular flexibility index (Phi) is 6.38. The van der Waals surface area contributed by atoms with Crippen molar-refractivity contribution in [2.75, 3.05) is 5.73 Å². The van der Waals surface area contributed by atoms with Crippen LogP contribution in [-0.4, -0.2) is 25.8 Å². The number of nitrogens with zero attached hydrogens (tertiary/aromatic N) is 4. The van der Waals surface area contributed by atoms with E-state index in [4.69, 9.17) is 5.73 Å². The molecule has 0 fully saturated rings. The van der Waals surface area contributed by atoms with Crippen LogP contribution in [0.15, 0.2) is 60.9 Å². The number of nitrogens with two attached hydrogens (primary N) is 1. The largest absolute Gasteiger partial charge is 0.417 e. The average molecular weight is 483 g/mol. The van der Waals surface area contributed by atoms with Gasteiger partial charge in [-0.05, 0) is 67.9 Å². The van der Waals surface area contributed by atoms with Gasteiger partial charge in [-0.3, -0.25) is 14.8 Å². The van der Waals surface area contributed by atoms with E-state index in [1.54, 1.807) is 32.0 Å². The molecule has 4 aromatic rings. The van der Waals surface area contributed by atoms with Gasteiger partial charge in [-0.25, -0.2) is 9.37 Å². The van der Waals surface area contributed by atoms with E-state index in [9.17, 15) is 22.4 Å². The van der Waals surface area contributed by atoms with Crippen molar-refractivity contribution < 1.29 is 22.4 Å². The Morgan fingerprint density at radius 1 is 1.06 bits per heavy atom. The van der Waals surface area contributed by atoms with Crippen molar-refractivity contribution >= 4 is 22.6 Å². The molecule has 0 aliphatic carbocycles. The van der Waals surface area contributed by atoms with E-state index in [2.05, 4.69) is 15.0 Å². The number of hydrogen-bond donors (Lipinski definition) is 1. The molecule has 0 saturated heterocycles. The van der Waals surface area contributed by atoms with Crippen molar-refractivity contribution in [3.05, 3.63) is 94.8 Å². The first-order valence-corrected chi connectivity index (χ1v) is 10.6. The highest BCUT2D eigenvalue weighted by atomic mass is 19.4. The molecule has 0 unspecified atom stereocenters. The van der Waals surface area contributed by atoms with Gasteiger partial charge in [0.15, 0.2) is 0 Å². The number of carbonyl (C=O) groups excluding carboxylic acids is 1. The Morgan fingerprint density at radius 3 is 2.46 bits per heavy atom. The minimum Gasteiger partial charge on any atom is -0.383 e. The van der Waals surface area contributed by atoms with E-state index >= 15 is 0 Å². The lowest BCUT2D eigenvalue weighted by molar-refractivity contribution is -0.137. The van der Waals surface area contributed by atoms with Gasteiger partial charge in [0.1, 0.15) is 11.6 Å². The number of fused-ring (bicyclic) bond motifs is 1. The second-order valence-electron chi connectivity index (χ2n) is 8.14. The van der Waals surface area contributed by atoms with Gasteiger partial charge in [-0.2, -0.15) is 13.2 Å². The summed E-state index contributed by atoms with van der Waals surface area (Å²) in [7, 11) is 0. The third-order valence-corrected chi connectivity index (χ3v) is 5.68. The molecule has 0 spiro atoms. The van der Waals surface area contributed by atoms with Gasteiger partial charge in [-0.15, -0.1) is 0 Å². The van der Waals surface area contributed by atoms with Crippen LogP contribution in [0.5, 0.6) is 0 Å². The maximum absolute atomic E-state index is 13.6. The van der Waals surface area contributed by atoms with Crippen LogP contribution < -0.4 is 5.73 Å². The molecule has 0 aliphatic rings. The summed E-state index contributed by atoms with van der Waals surface area (Å²) in [5, 5.41) is 0.711. The third kappa shape index (κ3) is 5.21. The van der Waals surface area contributed by atoms with Crippen molar-refractivity contribution in [1.82, 2.24) is 19.9 Å². The Balaban J connectivity index is 1.71. The summed E-state index contributed by atoms with van der Waals surface area (Å²) in [4.78, 5) is 27.3. The number of carbonyl (C=O) groups is 1. The molecule has 180 valence electrons. The summed E-state index contributed by atoms with van der Waals surface area (Å²) >= 11 is 0. The van der Waals surface area contributed by atoms with E-state index in [1.165, 1.54) is 23.1 Å². The van der Waals surface area contributed by atoms with E-state index in [0.29, 0.717) is 28.0 Å². The highest BCUT2D eigenvalue weighted by molar-refractivity contribution is 5.98. The first kappa shape index (κ1) is 24.1. The summed E-state index contributed by atoms with van der Waals surface area (Å²) in [5.74, 6) is -0.538. The molecular weight excluding hydrogens is 462 g/mol. The molecule has 0 aliphatic heterocycles. The van der Waals surface area contributed by atoms with E-state index in [0.717, 1.165) is 24.0 Å². The molecule has 1 atom stereocenters. The van der Waals surface area contributed by atoms with Gasteiger partial charge in [0.2, 0.25) is 0 Å². The number of halogens is 4. The summed E-state index contributed by atoms with van der Waals surface area (Å²) in [6, 6.07) is 11.0. The van der Waals surface area contributed by atoms with Crippen molar-refractivity contribution in [3.63, 3.8) is 0 Å². The van der Waals surface area contributed by atoms with E-state index in [-0.39, 0.29) is 12.2 Å². The summed E-state index contributed by atoms with van der Waals surface area (Å²) in [6.07, 6.45) is -2.75. The minimum absolute atomic E-state index is 0.0890. The predicted molar refractivity (Wildman–Crippen MR) is 123 cm³/mol. The molecule has 35 heavy (non-hydrogen) atoms. The van der Waals surface area contributed by atoms with Crippen LogP contribution in [-0.2, 0) is 12.7 Å². The van der Waals surface area contributed by atoms with Gasteiger partial charge >= 0.3 is 6.18 Å². The number of amides is 1. The van der Waals surface area contributed by atoms with Crippen LogP contribution in [0, 0.1) is 12.7 Å². The third-order valence-electron chi connectivity index (χ3n) is 5.68. The molecule has 10 heteroatoms. The van der Waals surface area contributed by atoms with E-state index < -0.39 is 29.5 Å². The highest BCUT2D eigenvalue weighted by Gasteiger charge is 2.31. The fourth-order valence-electron chi connectivity index (χ4n) is 3.63. The molecule has 1 aromatic carbocycles. The Labute approximate surface area is 198 Å². The van der Waals surface area contributed by atoms with Gasteiger partial charge in [0.25, 0.3) is 5.91 Å². The molecule has 0 bridgehead atoms. The van der Waals surface area contributed by atoms with Crippen LogP contribution >= 0.6 is 0 Å². The Morgan fingerprint density at radius 2 is 1.83 bits per heavy atom. The zero-order chi connectivity index (χ0) is 25.3. The average Bonchev–Trinajstić information content (AvgIpc) is 2.82. The maximum atomic E-state index is 13.6. The molecule has 3 aromatic heterocycles. The normalized spacial score (nSPS) is 12.5. The fraction of sp³-hybridized carbons (Fsp3) is 0.200. The molecule has 0 saturated carbocycles. The fourth-order valence-corrected chi connectivity index (χ4v) is 3.63. The smallest absolute Gasteiger partial charge is 0.383 e. The Hall–Kier alpha value is -4.08. The van der Waals surface area contributed by atoms with Crippen molar-refractivity contribution in [3.8, 4) is 0 Å². The first-order valence-electron chi connectivity index (χ1n) is 10.6. The zero-order valence-electron chi connectivity index (χ0n) is 18.8. The van der Waals surface area contributed by atoms with Crippen LogP contribution in [0.1, 0.15) is 45.8 Å². The molecule has 2 N–H and O–H groups in total. The summed E-state index contributed by atoms with van der Waals surface area (Å²) < 4.78 is 52.2. The molecular formula is C25H21F4N5O. The monoisotopic (exact) mass is 483 g/mol. The number of benzene rings is 1. The lowest BCUT2D eigenvalue weighted by atomic mass is 10.1. The lowest BCUT2D eigenvalue weighted by Crippen LogP contribution is -2.34. The van der Waals surface area contributed by atoms with Gasteiger partial charge in [-0.1, -0.05) is 0 Å². The number of alkyl halides is 3. The molecule has 3 heterocycles. The number of nitrogen functional groups attached to an aromatic ring is 1. The standard InChI is InChI=1S/C25H21F4N5O/c1-14-9-17-10-16(3-7-22(17)33-23(14)30)24(35)34(15(2)21-8-5-19(26)12-32-21)13-20-6-4-18(11-31-20)25(27,28)29/h3-12,15H,13H2,1-2H3,(H2,30,33)/t15-/m0/s1. The lowest BCUT2D eigenvalue weighted by Gasteiger charge is -2.29. The summed E-state index contributed by atoms with van der Waals surface area (Å²) in [6.45, 7) is 3.42. The van der Waals surface area contributed by atoms with Crippen molar-refractivity contribution in [1.29, 1.82) is 0 Å². The van der Waals surface area contributed by atoms with Crippen LogP contribution in [0.25, 0.3) is 10.9 Å². The number of aryl methyl sites for hydroxylation is 1. The number of pyridine rings is 3. The number of hydrogen-bond acceptors (Lipinski definition) is 5. The first-order chi connectivity index (χ1) is 16.5. The topological polar surface area (TPSA) is 85.0 Å². The quantitative estimate of drug-likeness (QED) is 0.380. The molecule has 4 rings (SSSR count).